The maximum atomic E-state index is 12.9. The number of aromatic nitrogens is 1. The molecular weight excluding hydrogens is 338 g/mol. The smallest absolute Gasteiger partial charge is 0.256 e. The quantitative estimate of drug-likeness (QED) is 0.752. The summed E-state index contributed by atoms with van der Waals surface area (Å²) in [5.74, 6) is 0.694. The third-order valence-electron chi connectivity index (χ3n) is 4.31. The third kappa shape index (κ3) is 4.44. The molecule has 0 unspecified atom stereocenters. The lowest BCUT2D eigenvalue weighted by molar-refractivity contribution is 0.102. The summed E-state index contributed by atoms with van der Waals surface area (Å²) in [5.41, 5.74) is 2.24. The summed E-state index contributed by atoms with van der Waals surface area (Å²) in [6.07, 6.45) is 0. The highest BCUT2D eigenvalue weighted by atomic mass is 16.5. The van der Waals surface area contributed by atoms with E-state index in [1.165, 1.54) is 0 Å². The van der Waals surface area contributed by atoms with Crippen molar-refractivity contribution in [3.05, 3.63) is 66.2 Å². The number of fused-ring (bicyclic) bond motifs is 1. The van der Waals surface area contributed by atoms with Gasteiger partial charge < -0.3 is 15.0 Å². The van der Waals surface area contributed by atoms with Crippen LogP contribution in [0.25, 0.3) is 10.9 Å². The maximum Gasteiger partial charge on any atom is 0.256 e. The number of ether oxygens (including phenoxy) is 1. The van der Waals surface area contributed by atoms with E-state index < -0.39 is 0 Å². The zero-order valence-electron chi connectivity index (χ0n) is 15.8. The average Bonchev–Trinajstić information content (AvgIpc) is 2.75. The van der Waals surface area contributed by atoms with E-state index in [0.29, 0.717) is 18.8 Å². The van der Waals surface area contributed by atoms with Gasteiger partial charge in [0.1, 0.15) is 5.82 Å². The van der Waals surface area contributed by atoms with E-state index in [2.05, 4.69) is 10.2 Å². The van der Waals surface area contributed by atoms with Crippen molar-refractivity contribution in [3.63, 3.8) is 0 Å². The number of hydrogen-bond donors (Lipinski definition) is 1. The molecule has 0 bridgehead atoms. The van der Waals surface area contributed by atoms with Gasteiger partial charge in [-0.2, -0.15) is 0 Å². The molecule has 3 aromatic rings. The van der Waals surface area contributed by atoms with Crippen LogP contribution in [0.1, 0.15) is 24.2 Å². The van der Waals surface area contributed by atoms with Crippen molar-refractivity contribution in [2.45, 2.75) is 13.8 Å². The van der Waals surface area contributed by atoms with Crippen molar-refractivity contribution in [2.24, 2.45) is 0 Å². The standard InChI is InChI=1S/C20H19N3O2.C2H6/c24-20(21-15-6-2-1-3-7-15)17-14-19(23-10-12-25-13-11-23)22-18-9-5-4-8-16(17)18;1-2/h1-9,14H,10-13H2,(H,21,24);1-2H3. The molecular formula is C22H25N3O2. The van der Waals surface area contributed by atoms with Gasteiger partial charge in [-0.1, -0.05) is 50.2 Å². The van der Waals surface area contributed by atoms with E-state index >= 15 is 0 Å². The molecule has 140 valence electrons. The minimum Gasteiger partial charge on any atom is -0.378 e. The third-order valence-corrected chi connectivity index (χ3v) is 4.31. The van der Waals surface area contributed by atoms with E-state index in [0.717, 1.165) is 35.5 Å². The van der Waals surface area contributed by atoms with Gasteiger partial charge in [0.05, 0.1) is 24.3 Å². The predicted octanol–water partition coefficient (Wildman–Crippen LogP) is 4.35. The first kappa shape index (κ1) is 18.9. The molecule has 0 radical (unpaired) electrons. The predicted molar refractivity (Wildman–Crippen MR) is 111 cm³/mol. The van der Waals surface area contributed by atoms with Gasteiger partial charge in [-0.25, -0.2) is 4.98 Å². The van der Waals surface area contributed by atoms with Crippen LogP contribution >= 0.6 is 0 Å². The monoisotopic (exact) mass is 363 g/mol. The lowest BCUT2D eigenvalue weighted by atomic mass is 10.1. The van der Waals surface area contributed by atoms with Crippen molar-refractivity contribution in [2.75, 3.05) is 36.5 Å². The Balaban J connectivity index is 0.00000102. The Morgan fingerprint density at radius 2 is 1.67 bits per heavy atom. The topological polar surface area (TPSA) is 54.5 Å². The number of amides is 1. The van der Waals surface area contributed by atoms with Gasteiger partial charge in [-0.3, -0.25) is 4.79 Å². The number of pyridine rings is 1. The van der Waals surface area contributed by atoms with Crippen LogP contribution in [0.4, 0.5) is 11.5 Å². The summed E-state index contributed by atoms with van der Waals surface area (Å²) in [4.78, 5) is 19.8. The molecule has 1 amide bonds. The molecule has 0 aliphatic carbocycles. The van der Waals surface area contributed by atoms with Crippen LogP contribution in [0.15, 0.2) is 60.7 Å². The van der Waals surface area contributed by atoms with Gasteiger partial charge in [0.25, 0.3) is 5.91 Å². The van der Waals surface area contributed by atoms with Crippen molar-refractivity contribution in [1.82, 2.24) is 4.98 Å². The molecule has 1 fully saturated rings. The van der Waals surface area contributed by atoms with Crippen LogP contribution in [0, 0.1) is 0 Å². The van der Waals surface area contributed by atoms with Gasteiger partial charge in [0, 0.05) is 24.2 Å². The van der Waals surface area contributed by atoms with Gasteiger partial charge >= 0.3 is 0 Å². The number of carbonyl (C=O) groups excluding carboxylic acids is 1. The fourth-order valence-corrected chi connectivity index (χ4v) is 3.02. The molecule has 0 spiro atoms. The first-order chi connectivity index (χ1) is 13.3. The minimum atomic E-state index is -0.126. The van der Waals surface area contributed by atoms with Crippen molar-refractivity contribution in [1.29, 1.82) is 0 Å². The fourth-order valence-electron chi connectivity index (χ4n) is 3.02. The maximum absolute atomic E-state index is 12.9. The van der Waals surface area contributed by atoms with Crippen molar-refractivity contribution < 1.29 is 9.53 Å². The molecule has 27 heavy (non-hydrogen) atoms. The highest BCUT2D eigenvalue weighted by Crippen LogP contribution is 2.24. The number of nitrogens with one attached hydrogen (secondary N) is 1. The number of anilines is 2. The summed E-state index contributed by atoms with van der Waals surface area (Å²) < 4.78 is 5.42. The van der Waals surface area contributed by atoms with Crippen LogP contribution in [0.2, 0.25) is 0 Å². The number of carbonyl (C=O) groups is 1. The second kappa shape index (κ2) is 9.14. The summed E-state index contributed by atoms with van der Waals surface area (Å²) in [5, 5.41) is 3.83. The summed E-state index contributed by atoms with van der Waals surface area (Å²) in [6, 6.07) is 19.1. The second-order valence-electron chi connectivity index (χ2n) is 5.96. The molecule has 1 aromatic heterocycles. The molecule has 1 saturated heterocycles. The van der Waals surface area contributed by atoms with Gasteiger partial charge in [-0.05, 0) is 24.3 Å². The van der Waals surface area contributed by atoms with Crippen molar-refractivity contribution in [3.8, 4) is 0 Å². The van der Waals surface area contributed by atoms with E-state index in [4.69, 9.17) is 9.72 Å². The number of benzene rings is 2. The minimum absolute atomic E-state index is 0.126. The first-order valence-corrected chi connectivity index (χ1v) is 9.40. The Morgan fingerprint density at radius 1 is 1.00 bits per heavy atom. The lowest BCUT2D eigenvalue weighted by Gasteiger charge is -2.28. The second-order valence-corrected chi connectivity index (χ2v) is 5.96. The van der Waals surface area contributed by atoms with E-state index in [-0.39, 0.29) is 5.91 Å². The largest absolute Gasteiger partial charge is 0.378 e. The Labute approximate surface area is 160 Å². The average molecular weight is 363 g/mol. The molecule has 2 heterocycles. The van der Waals surface area contributed by atoms with E-state index in [1.54, 1.807) is 0 Å². The Hall–Kier alpha value is -2.92. The molecule has 1 N–H and O–H groups in total. The zero-order chi connectivity index (χ0) is 19.1. The highest BCUT2D eigenvalue weighted by molar-refractivity contribution is 6.13. The Bertz CT molecular complexity index is 890. The number of rotatable bonds is 3. The molecule has 2 aromatic carbocycles. The van der Waals surface area contributed by atoms with Crippen LogP contribution in [0.5, 0.6) is 0 Å². The highest BCUT2D eigenvalue weighted by Gasteiger charge is 2.18. The Morgan fingerprint density at radius 3 is 2.41 bits per heavy atom. The lowest BCUT2D eigenvalue weighted by Crippen LogP contribution is -2.37. The number of nitrogens with zero attached hydrogens (tertiary/aromatic N) is 2. The van der Waals surface area contributed by atoms with E-state index in [9.17, 15) is 4.79 Å². The van der Waals surface area contributed by atoms with Crippen LogP contribution in [0.3, 0.4) is 0 Å². The normalized spacial score (nSPS) is 13.6. The van der Waals surface area contributed by atoms with E-state index in [1.807, 2.05) is 74.5 Å². The summed E-state index contributed by atoms with van der Waals surface area (Å²) in [6.45, 7) is 6.93. The van der Waals surface area contributed by atoms with Crippen molar-refractivity contribution >= 4 is 28.3 Å². The molecule has 4 rings (SSSR count). The molecule has 1 aliphatic heterocycles. The molecule has 0 saturated carbocycles. The molecule has 1 aliphatic rings. The first-order valence-electron chi connectivity index (χ1n) is 9.40. The number of para-hydroxylation sites is 2. The number of morpholine rings is 1. The van der Waals surface area contributed by atoms with Crippen LogP contribution in [-0.2, 0) is 4.74 Å². The Kier molecular flexibility index (Phi) is 6.39. The SMILES string of the molecule is CC.O=C(Nc1ccccc1)c1cc(N2CCOCC2)nc2ccccc12. The zero-order valence-corrected chi connectivity index (χ0v) is 15.8. The summed E-state index contributed by atoms with van der Waals surface area (Å²) >= 11 is 0. The number of hydrogen-bond acceptors (Lipinski definition) is 4. The van der Waals surface area contributed by atoms with Gasteiger partial charge in [0.15, 0.2) is 0 Å². The van der Waals surface area contributed by atoms with Crippen LogP contribution in [-0.4, -0.2) is 37.2 Å². The summed E-state index contributed by atoms with van der Waals surface area (Å²) in [7, 11) is 0. The molecule has 5 heteroatoms. The fraction of sp³-hybridized carbons (Fsp3) is 0.273. The van der Waals surface area contributed by atoms with Gasteiger partial charge in [-0.15, -0.1) is 0 Å². The molecule has 0 atom stereocenters. The van der Waals surface area contributed by atoms with Gasteiger partial charge in [0.2, 0.25) is 0 Å². The molecule has 5 nitrogen and oxygen atoms in total. The van der Waals surface area contributed by atoms with Crippen LogP contribution < -0.4 is 10.2 Å².